The second kappa shape index (κ2) is 9.50. The lowest BCUT2D eigenvalue weighted by Crippen LogP contribution is -2.54. The molecule has 3 nitrogen and oxygen atoms in total. The fourth-order valence-electron chi connectivity index (χ4n) is 3.96. The molecule has 1 aliphatic rings. The van der Waals surface area contributed by atoms with Gasteiger partial charge in [-0.15, -0.1) is 0 Å². The fourth-order valence-corrected chi connectivity index (χ4v) is 3.96. The lowest BCUT2D eigenvalue weighted by atomic mass is 9.59. The summed E-state index contributed by atoms with van der Waals surface area (Å²) in [6, 6.07) is 7.33. The molecule has 1 atom stereocenters. The predicted molar refractivity (Wildman–Crippen MR) is 104 cm³/mol. The number of nitrogens with one attached hydrogen (secondary N) is 1. The van der Waals surface area contributed by atoms with E-state index in [0.29, 0.717) is 31.4 Å². The van der Waals surface area contributed by atoms with Gasteiger partial charge in [-0.05, 0) is 48.8 Å². The molecule has 0 saturated heterocycles. The number of halogens is 1. The van der Waals surface area contributed by atoms with Crippen molar-refractivity contribution in [1.82, 2.24) is 5.32 Å². The van der Waals surface area contributed by atoms with Crippen molar-refractivity contribution in [2.24, 2.45) is 11.8 Å². The van der Waals surface area contributed by atoms with Crippen LogP contribution in [0.15, 0.2) is 24.3 Å². The van der Waals surface area contributed by atoms with Crippen molar-refractivity contribution < 1.29 is 13.9 Å². The van der Waals surface area contributed by atoms with Crippen LogP contribution in [0.25, 0.3) is 0 Å². The Labute approximate surface area is 157 Å². The Morgan fingerprint density at radius 2 is 1.96 bits per heavy atom. The van der Waals surface area contributed by atoms with Crippen molar-refractivity contribution in [1.29, 1.82) is 0 Å². The minimum atomic E-state index is -0.167. The van der Waals surface area contributed by atoms with E-state index < -0.39 is 0 Å². The molecule has 1 aliphatic carbocycles. The molecule has 4 heteroatoms. The summed E-state index contributed by atoms with van der Waals surface area (Å²) >= 11 is 0. The molecular formula is C22H34FNO2. The van der Waals surface area contributed by atoms with Crippen LogP contribution < -0.4 is 5.32 Å². The standard InChI is InChI=1S/C22H34FNO2/c1-16(2)13-20(24-11-12-26-21(25)14-17(3)4)22(9-6-10-22)18-7-5-8-19(23)15-18/h5,7-8,15-17,20,24H,6,9-14H2,1-4H3. The highest BCUT2D eigenvalue weighted by Gasteiger charge is 2.45. The number of ether oxygens (including phenoxy) is 1. The molecule has 26 heavy (non-hydrogen) atoms. The summed E-state index contributed by atoms with van der Waals surface area (Å²) in [5.74, 6) is 0.558. The first-order valence-electron chi connectivity index (χ1n) is 9.98. The Morgan fingerprint density at radius 3 is 2.50 bits per heavy atom. The normalized spacial score (nSPS) is 17.2. The molecule has 2 rings (SSSR count). The van der Waals surface area contributed by atoms with Gasteiger partial charge in [0.1, 0.15) is 12.4 Å². The van der Waals surface area contributed by atoms with Gasteiger partial charge in [0.05, 0.1) is 0 Å². The number of rotatable bonds is 10. The molecule has 1 saturated carbocycles. The second-order valence-corrected chi connectivity index (χ2v) is 8.47. The smallest absolute Gasteiger partial charge is 0.306 e. The monoisotopic (exact) mass is 363 g/mol. The van der Waals surface area contributed by atoms with E-state index in [4.69, 9.17) is 4.74 Å². The highest BCUT2D eigenvalue weighted by Crippen LogP contribution is 2.48. The van der Waals surface area contributed by atoms with E-state index in [2.05, 4.69) is 25.2 Å². The number of esters is 1. The molecule has 0 bridgehead atoms. The molecule has 1 N–H and O–H groups in total. The van der Waals surface area contributed by atoms with Gasteiger partial charge < -0.3 is 10.1 Å². The zero-order valence-electron chi connectivity index (χ0n) is 16.7. The Balaban J connectivity index is 2.00. The molecule has 146 valence electrons. The van der Waals surface area contributed by atoms with Gasteiger partial charge in [-0.3, -0.25) is 4.79 Å². The number of hydrogen-bond donors (Lipinski definition) is 1. The summed E-state index contributed by atoms with van der Waals surface area (Å²) in [4.78, 5) is 11.7. The third kappa shape index (κ3) is 5.54. The van der Waals surface area contributed by atoms with Crippen molar-refractivity contribution in [3.63, 3.8) is 0 Å². The molecule has 1 unspecified atom stereocenters. The van der Waals surface area contributed by atoms with Crippen molar-refractivity contribution in [3.05, 3.63) is 35.6 Å². The summed E-state index contributed by atoms with van der Waals surface area (Å²) < 4.78 is 19.1. The minimum absolute atomic E-state index is 0.00564. The zero-order valence-corrected chi connectivity index (χ0v) is 16.7. The van der Waals surface area contributed by atoms with Gasteiger partial charge in [-0.2, -0.15) is 0 Å². The van der Waals surface area contributed by atoms with Crippen molar-refractivity contribution in [3.8, 4) is 0 Å². The first-order valence-corrected chi connectivity index (χ1v) is 9.98. The molecule has 1 aromatic carbocycles. The van der Waals surface area contributed by atoms with Crippen LogP contribution >= 0.6 is 0 Å². The molecule has 0 amide bonds. The Bertz CT molecular complexity index is 581. The molecule has 0 spiro atoms. The van der Waals surface area contributed by atoms with Crippen LogP contribution in [0.5, 0.6) is 0 Å². The predicted octanol–water partition coefficient (Wildman–Crippen LogP) is 4.84. The molecule has 1 aromatic rings. The molecule has 0 aromatic heterocycles. The van der Waals surface area contributed by atoms with Gasteiger partial charge >= 0.3 is 5.97 Å². The lowest BCUT2D eigenvalue weighted by Gasteiger charge is -2.49. The van der Waals surface area contributed by atoms with Crippen molar-refractivity contribution >= 4 is 5.97 Å². The summed E-state index contributed by atoms with van der Waals surface area (Å²) in [5, 5.41) is 3.62. The average molecular weight is 364 g/mol. The highest BCUT2D eigenvalue weighted by atomic mass is 19.1. The van der Waals surface area contributed by atoms with Gasteiger partial charge in [0, 0.05) is 24.4 Å². The minimum Gasteiger partial charge on any atom is -0.464 e. The third-order valence-corrected chi connectivity index (χ3v) is 5.35. The first-order chi connectivity index (χ1) is 12.3. The van der Waals surface area contributed by atoms with E-state index >= 15 is 0 Å². The van der Waals surface area contributed by atoms with Crippen LogP contribution in [-0.4, -0.2) is 25.2 Å². The molecule has 0 heterocycles. The molecular weight excluding hydrogens is 329 g/mol. The van der Waals surface area contributed by atoms with Crippen LogP contribution in [0.3, 0.4) is 0 Å². The zero-order chi connectivity index (χ0) is 19.2. The number of benzene rings is 1. The molecule has 0 radical (unpaired) electrons. The topological polar surface area (TPSA) is 38.3 Å². The first kappa shape index (κ1) is 20.9. The summed E-state index contributed by atoms with van der Waals surface area (Å²) in [5.41, 5.74) is 1.09. The number of carbonyl (C=O) groups is 1. The van der Waals surface area contributed by atoms with Crippen molar-refractivity contribution in [2.45, 2.75) is 71.3 Å². The summed E-state index contributed by atoms with van der Waals surface area (Å²) in [6.07, 6.45) is 4.82. The van der Waals surface area contributed by atoms with Gasteiger partial charge in [0.15, 0.2) is 0 Å². The summed E-state index contributed by atoms with van der Waals surface area (Å²) in [7, 11) is 0. The molecule has 1 fully saturated rings. The SMILES string of the molecule is CC(C)CC(=O)OCCNC(CC(C)C)C1(c2cccc(F)c2)CCC1. The van der Waals surface area contributed by atoms with Crippen LogP contribution in [-0.2, 0) is 14.9 Å². The van der Waals surface area contributed by atoms with Gasteiger partial charge in [0.2, 0.25) is 0 Å². The lowest BCUT2D eigenvalue weighted by molar-refractivity contribution is -0.144. The van der Waals surface area contributed by atoms with E-state index in [-0.39, 0.29) is 23.2 Å². The maximum absolute atomic E-state index is 13.8. The van der Waals surface area contributed by atoms with E-state index in [1.807, 2.05) is 19.9 Å². The summed E-state index contributed by atoms with van der Waals surface area (Å²) in [6.45, 7) is 9.48. The van der Waals surface area contributed by atoms with Crippen LogP contribution in [0.2, 0.25) is 0 Å². The van der Waals surface area contributed by atoms with Crippen LogP contribution in [0.1, 0.15) is 65.4 Å². The Kier molecular flexibility index (Phi) is 7.63. The van der Waals surface area contributed by atoms with Gasteiger partial charge in [-0.1, -0.05) is 46.2 Å². The second-order valence-electron chi connectivity index (χ2n) is 8.47. The van der Waals surface area contributed by atoms with E-state index in [0.717, 1.165) is 24.8 Å². The van der Waals surface area contributed by atoms with E-state index in [9.17, 15) is 9.18 Å². The number of hydrogen-bond acceptors (Lipinski definition) is 3. The van der Waals surface area contributed by atoms with Gasteiger partial charge in [-0.25, -0.2) is 4.39 Å². The van der Waals surface area contributed by atoms with E-state index in [1.165, 1.54) is 12.5 Å². The Morgan fingerprint density at radius 1 is 1.23 bits per heavy atom. The van der Waals surface area contributed by atoms with Crippen molar-refractivity contribution in [2.75, 3.05) is 13.2 Å². The van der Waals surface area contributed by atoms with Crippen LogP contribution in [0.4, 0.5) is 4.39 Å². The fraction of sp³-hybridized carbons (Fsp3) is 0.682. The third-order valence-electron chi connectivity index (χ3n) is 5.35. The largest absolute Gasteiger partial charge is 0.464 e. The van der Waals surface area contributed by atoms with Gasteiger partial charge in [0.25, 0.3) is 0 Å². The average Bonchev–Trinajstić information content (AvgIpc) is 2.49. The maximum atomic E-state index is 13.8. The quantitative estimate of drug-likeness (QED) is 0.477. The maximum Gasteiger partial charge on any atom is 0.306 e. The Hall–Kier alpha value is -1.42. The number of carbonyl (C=O) groups excluding carboxylic acids is 1. The van der Waals surface area contributed by atoms with E-state index in [1.54, 1.807) is 6.07 Å². The molecule has 0 aliphatic heterocycles. The highest BCUT2D eigenvalue weighted by molar-refractivity contribution is 5.69. The van der Waals surface area contributed by atoms with Crippen LogP contribution in [0, 0.1) is 17.7 Å².